The fourth-order valence-corrected chi connectivity index (χ4v) is 1.30. The lowest BCUT2D eigenvalue weighted by Crippen LogP contribution is -2.26. The second-order valence-corrected chi connectivity index (χ2v) is 3.80. The van der Waals surface area contributed by atoms with E-state index in [4.69, 9.17) is 10.2 Å². The zero-order valence-corrected chi connectivity index (χ0v) is 8.88. The number of carbonyl (C=O) groups excluding carboxylic acids is 1. The standard InChI is InChI=1S/C8H13NO5S/c10-6(1-2-7(11)12)9-3-4-15-5-8(13)14/h1-5H2,(H,9,10)(H,11,12)(H,13,14). The second-order valence-electron chi connectivity index (χ2n) is 2.69. The maximum Gasteiger partial charge on any atom is 0.313 e. The summed E-state index contributed by atoms with van der Waals surface area (Å²) in [6, 6.07) is 0. The van der Waals surface area contributed by atoms with Gasteiger partial charge in [-0.25, -0.2) is 0 Å². The molecule has 1 amide bonds. The molecule has 0 unspecified atom stereocenters. The lowest BCUT2D eigenvalue weighted by molar-refractivity contribution is -0.138. The molecule has 0 aliphatic rings. The van der Waals surface area contributed by atoms with Gasteiger partial charge in [-0.05, 0) is 0 Å². The first-order valence-corrected chi connectivity index (χ1v) is 5.46. The highest BCUT2D eigenvalue weighted by Crippen LogP contribution is 1.97. The smallest absolute Gasteiger partial charge is 0.313 e. The summed E-state index contributed by atoms with van der Waals surface area (Å²) in [7, 11) is 0. The SMILES string of the molecule is O=C(O)CCC(=O)NCCSCC(=O)O. The molecular formula is C8H13NO5S. The van der Waals surface area contributed by atoms with Gasteiger partial charge in [0, 0.05) is 18.7 Å². The first-order valence-electron chi connectivity index (χ1n) is 4.30. The van der Waals surface area contributed by atoms with Crippen molar-refractivity contribution in [3.05, 3.63) is 0 Å². The fourth-order valence-electron chi connectivity index (χ4n) is 0.731. The highest BCUT2D eigenvalue weighted by Gasteiger charge is 2.04. The Morgan fingerprint density at radius 1 is 1.07 bits per heavy atom. The molecule has 6 nitrogen and oxygen atoms in total. The van der Waals surface area contributed by atoms with E-state index in [0.29, 0.717) is 12.3 Å². The van der Waals surface area contributed by atoms with E-state index in [1.807, 2.05) is 0 Å². The molecule has 0 aliphatic heterocycles. The Labute approximate surface area is 91.0 Å². The lowest BCUT2D eigenvalue weighted by atomic mass is 10.3. The van der Waals surface area contributed by atoms with Gasteiger partial charge < -0.3 is 15.5 Å². The number of rotatable bonds is 8. The van der Waals surface area contributed by atoms with E-state index in [1.165, 1.54) is 11.8 Å². The number of hydrogen-bond donors (Lipinski definition) is 3. The summed E-state index contributed by atoms with van der Waals surface area (Å²) in [6.07, 6.45) is -0.229. The van der Waals surface area contributed by atoms with Crippen molar-refractivity contribution >= 4 is 29.6 Å². The Kier molecular flexibility index (Phi) is 7.43. The Bertz CT molecular complexity index is 243. The lowest BCUT2D eigenvalue weighted by Gasteiger charge is -2.02. The molecule has 0 aromatic carbocycles. The summed E-state index contributed by atoms with van der Waals surface area (Å²) in [6.45, 7) is 0.358. The van der Waals surface area contributed by atoms with Gasteiger partial charge in [0.05, 0.1) is 12.2 Å². The molecule has 0 fully saturated rings. The van der Waals surface area contributed by atoms with E-state index in [1.54, 1.807) is 0 Å². The minimum atomic E-state index is -1.01. The maximum absolute atomic E-state index is 10.9. The molecule has 0 heterocycles. The van der Waals surface area contributed by atoms with Crippen LogP contribution in [-0.4, -0.2) is 46.1 Å². The summed E-state index contributed by atoms with van der Waals surface area (Å²) in [5.41, 5.74) is 0. The van der Waals surface area contributed by atoms with Gasteiger partial charge in [0.2, 0.25) is 5.91 Å². The Morgan fingerprint density at radius 3 is 2.27 bits per heavy atom. The zero-order valence-electron chi connectivity index (χ0n) is 8.06. The first kappa shape index (κ1) is 13.8. The molecule has 0 aromatic heterocycles. The van der Waals surface area contributed by atoms with Crippen molar-refractivity contribution in [2.24, 2.45) is 0 Å². The van der Waals surface area contributed by atoms with Crippen LogP contribution >= 0.6 is 11.8 Å². The average molecular weight is 235 g/mol. The highest BCUT2D eigenvalue weighted by atomic mass is 32.2. The van der Waals surface area contributed by atoms with E-state index in [0.717, 1.165) is 0 Å². The van der Waals surface area contributed by atoms with E-state index in [2.05, 4.69) is 5.32 Å². The van der Waals surface area contributed by atoms with Gasteiger partial charge in [-0.3, -0.25) is 14.4 Å². The predicted octanol–water partition coefficient (Wildman–Crippen LogP) is -0.215. The van der Waals surface area contributed by atoms with Crippen LogP contribution in [0.1, 0.15) is 12.8 Å². The average Bonchev–Trinajstić information content (AvgIpc) is 2.13. The van der Waals surface area contributed by atoms with E-state index in [-0.39, 0.29) is 24.5 Å². The van der Waals surface area contributed by atoms with Crippen LogP contribution in [0.2, 0.25) is 0 Å². The molecular weight excluding hydrogens is 222 g/mol. The molecule has 0 saturated carbocycles. The van der Waals surface area contributed by atoms with Crippen molar-refractivity contribution in [1.29, 1.82) is 0 Å². The number of carbonyl (C=O) groups is 3. The summed E-state index contributed by atoms with van der Waals surface area (Å²) in [5, 5.41) is 19.1. The molecule has 0 saturated heterocycles. The zero-order chi connectivity index (χ0) is 11.7. The van der Waals surface area contributed by atoms with Gasteiger partial charge in [-0.2, -0.15) is 0 Å². The summed E-state index contributed by atoms with van der Waals surface area (Å²) in [4.78, 5) is 31.2. The monoisotopic (exact) mass is 235 g/mol. The first-order chi connectivity index (χ1) is 7.02. The van der Waals surface area contributed by atoms with Crippen LogP contribution in [0.25, 0.3) is 0 Å². The van der Waals surface area contributed by atoms with Crippen LogP contribution < -0.4 is 5.32 Å². The number of carboxylic acid groups (broad SMARTS) is 2. The number of amides is 1. The van der Waals surface area contributed by atoms with Crippen LogP contribution in [0.3, 0.4) is 0 Å². The van der Waals surface area contributed by atoms with Gasteiger partial charge in [0.1, 0.15) is 0 Å². The molecule has 0 atom stereocenters. The van der Waals surface area contributed by atoms with Gasteiger partial charge in [-0.15, -0.1) is 11.8 Å². The van der Waals surface area contributed by atoms with Gasteiger partial charge >= 0.3 is 11.9 Å². The molecule has 0 rings (SSSR count). The third kappa shape index (κ3) is 10.7. The summed E-state index contributed by atoms with van der Waals surface area (Å²) in [5.74, 6) is -1.72. The van der Waals surface area contributed by atoms with Crippen LogP contribution in [0.5, 0.6) is 0 Å². The normalized spacial score (nSPS) is 9.60. The molecule has 86 valence electrons. The molecule has 0 radical (unpaired) electrons. The molecule has 7 heteroatoms. The molecule has 0 aromatic rings. The fraction of sp³-hybridized carbons (Fsp3) is 0.625. The minimum absolute atomic E-state index is 0.00496. The molecule has 0 aliphatic carbocycles. The van der Waals surface area contributed by atoms with Crippen LogP contribution in [0.4, 0.5) is 0 Å². The third-order valence-corrected chi connectivity index (χ3v) is 2.30. The Balaban J connectivity index is 3.31. The van der Waals surface area contributed by atoms with Gasteiger partial charge in [0.15, 0.2) is 0 Å². The molecule has 0 spiro atoms. The van der Waals surface area contributed by atoms with E-state index < -0.39 is 11.9 Å². The van der Waals surface area contributed by atoms with E-state index >= 15 is 0 Å². The second kappa shape index (κ2) is 8.10. The van der Waals surface area contributed by atoms with Gasteiger partial charge in [0.25, 0.3) is 0 Å². The van der Waals surface area contributed by atoms with Crippen LogP contribution in [-0.2, 0) is 14.4 Å². The molecule has 15 heavy (non-hydrogen) atoms. The van der Waals surface area contributed by atoms with Gasteiger partial charge in [-0.1, -0.05) is 0 Å². The van der Waals surface area contributed by atoms with Crippen molar-refractivity contribution in [2.75, 3.05) is 18.1 Å². The quantitative estimate of drug-likeness (QED) is 0.503. The highest BCUT2D eigenvalue weighted by molar-refractivity contribution is 7.99. The Hall–Kier alpha value is -1.24. The minimum Gasteiger partial charge on any atom is -0.481 e. The van der Waals surface area contributed by atoms with Crippen molar-refractivity contribution in [1.82, 2.24) is 5.32 Å². The third-order valence-electron chi connectivity index (χ3n) is 1.36. The van der Waals surface area contributed by atoms with Crippen LogP contribution in [0, 0.1) is 0 Å². The molecule has 3 N–H and O–H groups in total. The van der Waals surface area contributed by atoms with Crippen molar-refractivity contribution in [2.45, 2.75) is 12.8 Å². The topological polar surface area (TPSA) is 104 Å². The Morgan fingerprint density at radius 2 is 1.73 bits per heavy atom. The van der Waals surface area contributed by atoms with Crippen LogP contribution in [0.15, 0.2) is 0 Å². The summed E-state index contributed by atoms with van der Waals surface area (Å²) < 4.78 is 0. The number of aliphatic carboxylic acids is 2. The van der Waals surface area contributed by atoms with Crippen molar-refractivity contribution in [3.63, 3.8) is 0 Å². The van der Waals surface area contributed by atoms with E-state index in [9.17, 15) is 14.4 Å². The number of thioether (sulfide) groups is 1. The number of carboxylic acids is 2. The molecule has 0 bridgehead atoms. The predicted molar refractivity (Wildman–Crippen MR) is 54.8 cm³/mol. The number of nitrogens with one attached hydrogen (secondary N) is 1. The maximum atomic E-state index is 10.9. The van der Waals surface area contributed by atoms with Crippen molar-refractivity contribution in [3.8, 4) is 0 Å². The summed E-state index contributed by atoms with van der Waals surface area (Å²) >= 11 is 1.20. The largest absolute Gasteiger partial charge is 0.481 e. The number of hydrogen-bond acceptors (Lipinski definition) is 4. The van der Waals surface area contributed by atoms with Crippen molar-refractivity contribution < 1.29 is 24.6 Å².